The van der Waals surface area contributed by atoms with Gasteiger partial charge in [0.1, 0.15) is 17.4 Å². The van der Waals surface area contributed by atoms with Gasteiger partial charge >= 0.3 is 0 Å². The molecule has 0 radical (unpaired) electrons. The predicted molar refractivity (Wildman–Crippen MR) is 73.4 cm³/mol. The average molecular weight is 273 g/mol. The molecule has 6 nitrogen and oxygen atoms in total. The van der Waals surface area contributed by atoms with Crippen LogP contribution in [0.2, 0.25) is 0 Å². The van der Waals surface area contributed by atoms with Crippen molar-refractivity contribution in [2.24, 2.45) is 5.92 Å². The maximum Gasteiger partial charge on any atom is 0.289 e. The number of carbonyl (C=O) groups is 1. The Balaban J connectivity index is 2.29. The molecule has 0 aliphatic carbocycles. The van der Waals surface area contributed by atoms with Crippen LogP contribution < -0.4 is 4.90 Å². The number of hydrogen-bond acceptors (Lipinski definition) is 5. The van der Waals surface area contributed by atoms with Crippen molar-refractivity contribution in [2.75, 3.05) is 18.0 Å². The van der Waals surface area contributed by atoms with Crippen LogP contribution in [0.3, 0.4) is 0 Å². The van der Waals surface area contributed by atoms with Crippen molar-refractivity contribution in [3.63, 3.8) is 0 Å². The standard InChI is InChI=1S/C14H15N3O3/c1-10(18)12-3-2-6-16(9-12)13-5-4-11(8-15)14(7-13)17(19)20/h4-5,7,12H,2-3,6,9H2,1H3. The van der Waals surface area contributed by atoms with Gasteiger partial charge in [-0.3, -0.25) is 14.9 Å². The monoisotopic (exact) mass is 273 g/mol. The Bertz CT molecular complexity index is 592. The molecule has 1 saturated heterocycles. The van der Waals surface area contributed by atoms with Gasteiger partial charge in [-0.05, 0) is 31.9 Å². The lowest BCUT2D eigenvalue weighted by molar-refractivity contribution is -0.385. The van der Waals surface area contributed by atoms with Gasteiger partial charge in [0.05, 0.1) is 4.92 Å². The molecule has 6 heteroatoms. The predicted octanol–water partition coefficient (Wildman–Crippen LogP) is 2.27. The highest BCUT2D eigenvalue weighted by atomic mass is 16.6. The molecule has 1 fully saturated rings. The number of ketones is 1. The number of nitrogens with zero attached hydrogens (tertiary/aromatic N) is 3. The minimum atomic E-state index is -0.547. The van der Waals surface area contributed by atoms with Crippen molar-refractivity contribution in [3.8, 4) is 6.07 Å². The fourth-order valence-electron chi connectivity index (χ4n) is 2.51. The maximum absolute atomic E-state index is 11.5. The van der Waals surface area contributed by atoms with E-state index >= 15 is 0 Å². The first-order chi connectivity index (χ1) is 9.52. The third-order valence-electron chi connectivity index (χ3n) is 3.66. The number of nitro groups is 1. The van der Waals surface area contributed by atoms with Crippen molar-refractivity contribution in [1.82, 2.24) is 0 Å². The number of carbonyl (C=O) groups excluding carboxylic acids is 1. The molecular weight excluding hydrogens is 258 g/mol. The Morgan fingerprint density at radius 3 is 2.90 bits per heavy atom. The molecule has 0 amide bonds. The van der Waals surface area contributed by atoms with Gasteiger partial charge in [-0.2, -0.15) is 5.26 Å². The van der Waals surface area contributed by atoms with E-state index in [0.29, 0.717) is 12.2 Å². The third kappa shape index (κ3) is 2.77. The Hall–Kier alpha value is -2.42. The van der Waals surface area contributed by atoms with Crippen LogP contribution in [0.1, 0.15) is 25.3 Å². The highest BCUT2D eigenvalue weighted by Gasteiger charge is 2.25. The van der Waals surface area contributed by atoms with Crippen LogP contribution in [-0.4, -0.2) is 23.8 Å². The molecule has 20 heavy (non-hydrogen) atoms. The SMILES string of the molecule is CC(=O)C1CCCN(c2ccc(C#N)c([N+](=O)[O-])c2)C1. The van der Waals surface area contributed by atoms with E-state index < -0.39 is 4.92 Å². The number of rotatable bonds is 3. The van der Waals surface area contributed by atoms with Crippen molar-refractivity contribution in [1.29, 1.82) is 5.26 Å². The second-order valence-corrected chi connectivity index (χ2v) is 4.97. The number of benzene rings is 1. The van der Waals surface area contributed by atoms with Gasteiger partial charge in [0.2, 0.25) is 0 Å². The van der Waals surface area contributed by atoms with E-state index in [0.717, 1.165) is 19.4 Å². The molecule has 1 aliphatic rings. The summed E-state index contributed by atoms with van der Waals surface area (Å²) in [5, 5.41) is 19.8. The van der Waals surface area contributed by atoms with E-state index in [9.17, 15) is 14.9 Å². The van der Waals surface area contributed by atoms with Gasteiger partial charge in [-0.15, -0.1) is 0 Å². The van der Waals surface area contributed by atoms with Crippen LogP contribution in [-0.2, 0) is 4.79 Å². The Labute approximate surface area is 116 Å². The van der Waals surface area contributed by atoms with Gasteiger partial charge in [0.25, 0.3) is 5.69 Å². The molecule has 1 aromatic carbocycles. The number of Topliss-reactive ketones (excluding diaryl/α,β-unsaturated/α-hetero) is 1. The van der Waals surface area contributed by atoms with Gasteiger partial charge in [0.15, 0.2) is 0 Å². The number of hydrogen-bond donors (Lipinski definition) is 0. The van der Waals surface area contributed by atoms with E-state index in [2.05, 4.69) is 0 Å². The smallest absolute Gasteiger partial charge is 0.289 e. The molecule has 0 saturated carbocycles. The highest BCUT2D eigenvalue weighted by Crippen LogP contribution is 2.28. The summed E-state index contributed by atoms with van der Waals surface area (Å²) in [6.07, 6.45) is 1.75. The topological polar surface area (TPSA) is 87.2 Å². The van der Waals surface area contributed by atoms with Crippen molar-refractivity contribution >= 4 is 17.2 Å². The summed E-state index contributed by atoms with van der Waals surface area (Å²) in [4.78, 5) is 23.9. The molecule has 0 aromatic heterocycles. The molecule has 1 heterocycles. The van der Waals surface area contributed by atoms with Gasteiger partial charge in [0, 0.05) is 30.8 Å². The number of nitro benzene ring substituents is 1. The summed E-state index contributed by atoms with van der Waals surface area (Å²) in [5.41, 5.74) is 0.565. The largest absolute Gasteiger partial charge is 0.371 e. The third-order valence-corrected chi connectivity index (χ3v) is 3.66. The van der Waals surface area contributed by atoms with Crippen LogP contribution in [0.4, 0.5) is 11.4 Å². The van der Waals surface area contributed by atoms with Crippen LogP contribution >= 0.6 is 0 Å². The van der Waals surface area contributed by atoms with Crippen molar-refractivity contribution in [2.45, 2.75) is 19.8 Å². The molecule has 0 bridgehead atoms. The number of nitriles is 1. The van der Waals surface area contributed by atoms with E-state index in [1.807, 2.05) is 11.0 Å². The lowest BCUT2D eigenvalue weighted by atomic mass is 9.94. The fraction of sp³-hybridized carbons (Fsp3) is 0.429. The zero-order chi connectivity index (χ0) is 14.7. The van der Waals surface area contributed by atoms with Crippen LogP contribution in [0.5, 0.6) is 0 Å². The first-order valence-electron chi connectivity index (χ1n) is 6.47. The minimum absolute atomic E-state index is 0.0153. The van der Waals surface area contributed by atoms with Crippen LogP contribution in [0.25, 0.3) is 0 Å². The van der Waals surface area contributed by atoms with Crippen LogP contribution in [0, 0.1) is 27.4 Å². The summed E-state index contributed by atoms with van der Waals surface area (Å²) in [5.74, 6) is 0.135. The van der Waals surface area contributed by atoms with Gasteiger partial charge < -0.3 is 4.90 Å². The minimum Gasteiger partial charge on any atom is -0.371 e. The van der Waals surface area contributed by atoms with Crippen molar-refractivity contribution in [3.05, 3.63) is 33.9 Å². The highest BCUT2D eigenvalue weighted by molar-refractivity contribution is 5.79. The average Bonchev–Trinajstić information content (AvgIpc) is 2.46. The molecule has 1 aromatic rings. The second-order valence-electron chi connectivity index (χ2n) is 4.97. The summed E-state index contributed by atoms with van der Waals surface area (Å²) >= 11 is 0. The summed E-state index contributed by atoms with van der Waals surface area (Å²) in [6.45, 7) is 2.93. The summed E-state index contributed by atoms with van der Waals surface area (Å²) in [6, 6.07) is 6.40. The lowest BCUT2D eigenvalue weighted by Crippen LogP contribution is -2.38. The molecule has 0 N–H and O–H groups in total. The Morgan fingerprint density at radius 1 is 1.55 bits per heavy atom. The second kappa shape index (κ2) is 5.70. The summed E-state index contributed by atoms with van der Waals surface area (Å²) in [7, 11) is 0. The van der Waals surface area contributed by atoms with E-state index in [1.165, 1.54) is 12.1 Å². The molecule has 104 valence electrons. The maximum atomic E-state index is 11.5. The first-order valence-corrected chi connectivity index (χ1v) is 6.47. The molecule has 0 spiro atoms. The molecule has 2 rings (SSSR count). The van der Waals surface area contributed by atoms with Crippen molar-refractivity contribution < 1.29 is 9.72 Å². The molecular formula is C14H15N3O3. The Kier molecular flexibility index (Phi) is 3.99. The zero-order valence-electron chi connectivity index (χ0n) is 11.2. The molecule has 1 unspecified atom stereocenters. The number of piperidine rings is 1. The van der Waals surface area contributed by atoms with E-state index in [4.69, 9.17) is 5.26 Å². The van der Waals surface area contributed by atoms with E-state index in [1.54, 1.807) is 13.0 Å². The Morgan fingerprint density at radius 2 is 2.30 bits per heavy atom. The summed E-state index contributed by atoms with van der Waals surface area (Å²) < 4.78 is 0. The van der Waals surface area contributed by atoms with Crippen LogP contribution in [0.15, 0.2) is 18.2 Å². The van der Waals surface area contributed by atoms with Gasteiger partial charge in [-0.1, -0.05) is 0 Å². The van der Waals surface area contributed by atoms with Gasteiger partial charge in [-0.25, -0.2) is 0 Å². The number of anilines is 1. The molecule has 1 aliphatic heterocycles. The zero-order valence-corrected chi connectivity index (χ0v) is 11.2. The quantitative estimate of drug-likeness (QED) is 0.622. The normalized spacial score (nSPS) is 18.4. The fourth-order valence-corrected chi connectivity index (χ4v) is 2.51. The lowest BCUT2D eigenvalue weighted by Gasteiger charge is -2.33. The van der Waals surface area contributed by atoms with E-state index in [-0.39, 0.29) is 23.0 Å². The first kappa shape index (κ1) is 14.0. The molecule has 1 atom stereocenters.